The van der Waals surface area contributed by atoms with Gasteiger partial charge in [-0.3, -0.25) is 0 Å². The second kappa shape index (κ2) is 9.18. The van der Waals surface area contributed by atoms with E-state index in [0.717, 1.165) is 25.8 Å². The predicted molar refractivity (Wildman–Crippen MR) is 107 cm³/mol. The van der Waals surface area contributed by atoms with Crippen LogP contribution in [0.5, 0.6) is 0 Å². The van der Waals surface area contributed by atoms with E-state index in [1.54, 1.807) is 0 Å². The van der Waals surface area contributed by atoms with E-state index in [0.29, 0.717) is 0 Å². The van der Waals surface area contributed by atoms with Gasteiger partial charge in [-0.1, -0.05) is 39.5 Å². The van der Waals surface area contributed by atoms with Crippen LogP contribution in [0, 0.1) is 17.2 Å². The summed E-state index contributed by atoms with van der Waals surface area (Å²) in [6.07, 6.45) is 9.82. The van der Waals surface area contributed by atoms with Gasteiger partial charge in [-0.25, -0.2) is 0 Å². The first-order chi connectivity index (χ1) is 11.4. The van der Waals surface area contributed by atoms with Crippen LogP contribution in [0.25, 0.3) is 0 Å². The van der Waals surface area contributed by atoms with Crippen LogP contribution >= 0.6 is 11.8 Å². The molecule has 1 fully saturated rings. The second-order valence-corrected chi connectivity index (χ2v) is 8.37. The summed E-state index contributed by atoms with van der Waals surface area (Å²) in [7, 11) is 0. The first-order valence-corrected chi connectivity index (χ1v) is 9.86. The fourth-order valence-corrected chi connectivity index (χ4v) is 4.25. The van der Waals surface area contributed by atoms with Gasteiger partial charge in [0.2, 0.25) is 0 Å². The zero-order chi connectivity index (χ0) is 18.3. The monoisotopic (exact) mass is 344 g/mol. The number of hydrogen-bond acceptors (Lipinski definition) is 3. The third-order valence-electron chi connectivity index (χ3n) is 3.91. The lowest BCUT2D eigenvalue weighted by molar-refractivity contribution is 0.393. The van der Waals surface area contributed by atoms with Crippen molar-refractivity contribution in [2.24, 2.45) is 5.92 Å². The van der Waals surface area contributed by atoms with Crippen LogP contribution < -0.4 is 0 Å². The molecule has 1 aliphatic heterocycles. The summed E-state index contributed by atoms with van der Waals surface area (Å²) in [6.45, 7) is 17.9. The Morgan fingerprint density at radius 3 is 2.62 bits per heavy atom. The summed E-state index contributed by atoms with van der Waals surface area (Å²) in [4.78, 5) is 3.68. The Morgan fingerprint density at radius 2 is 2.12 bits per heavy atom. The fourth-order valence-electron chi connectivity index (χ4n) is 2.93. The summed E-state index contributed by atoms with van der Waals surface area (Å²) in [6, 6.07) is 2.34. The number of hydrogen-bond donors (Lipinski definition) is 0. The summed E-state index contributed by atoms with van der Waals surface area (Å²) < 4.78 is 0.151. The van der Waals surface area contributed by atoms with Gasteiger partial charge in [0, 0.05) is 21.9 Å². The van der Waals surface area contributed by atoms with Gasteiger partial charge in [-0.15, -0.1) is 11.8 Å². The number of allylic oxidation sites excluding steroid dienone is 4. The molecule has 0 aromatic heterocycles. The average molecular weight is 345 g/mol. The molecule has 2 rings (SSSR count). The molecule has 0 radical (unpaired) electrons. The minimum Gasteiger partial charge on any atom is -0.339 e. The van der Waals surface area contributed by atoms with Gasteiger partial charge in [-0.2, -0.15) is 5.26 Å². The van der Waals surface area contributed by atoms with Gasteiger partial charge in [0.1, 0.15) is 0 Å². The van der Waals surface area contributed by atoms with Crippen LogP contribution in [0.15, 0.2) is 46.7 Å². The highest BCUT2D eigenvalue weighted by molar-refractivity contribution is 8.04. The van der Waals surface area contributed by atoms with E-state index in [9.17, 15) is 5.26 Å². The largest absolute Gasteiger partial charge is 0.339 e. The quantitative estimate of drug-likeness (QED) is 0.592. The van der Waals surface area contributed by atoms with Crippen LogP contribution in [0.3, 0.4) is 0 Å². The zero-order valence-electron chi connectivity index (χ0n) is 16.1. The second-order valence-electron chi connectivity index (χ2n) is 6.63. The Balaban J connectivity index is 0.00000139. The van der Waals surface area contributed by atoms with E-state index in [4.69, 9.17) is 0 Å². The smallest absolute Gasteiger partial charge is 0.0695 e. The van der Waals surface area contributed by atoms with Crippen molar-refractivity contribution in [2.45, 2.75) is 65.6 Å². The maximum Gasteiger partial charge on any atom is 0.0695 e. The molecule has 1 unspecified atom stereocenters. The predicted octanol–water partition coefficient (Wildman–Crippen LogP) is 6.41. The van der Waals surface area contributed by atoms with Crippen molar-refractivity contribution in [3.63, 3.8) is 0 Å². The highest BCUT2D eigenvalue weighted by Crippen LogP contribution is 2.46. The van der Waals surface area contributed by atoms with Crippen molar-refractivity contribution in [1.29, 1.82) is 5.26 Å². The van der Waals surface area contributed by atoms with E-state index in [2.05, 4.69) is 56.5 Å². The molecule has 1 heterocycles. The lowest BCUT2D eigenvalue weighted by Gasteiger charge is -2.43. The van der Waals surface area contributed by atoms with E-state index in [1.165, 1.54) is 21.9 Å². The van der Waals surface area contributed by atoms with Crippen LogP contribution in [0.1, 0.15) is 60.8 Å². The van der Waals surface area contributed by atoms with Crippen molar-refractivity contribution in [2.75, 3.05) is 6.54 Å². The first-order valence-electron chi connectivity index (χ1n) is 9.04. The van der Waals surface area contributed by atoms with E-state index in [1.807, 2.05) is 32.5 Å². The number of nitrogens with zero attached hydrogens (tertiary/aromatic N) is 2. The molecule has 24 heavy (non-hydrogen) atoms. The molecule has 0 bridgehead atoms. The van der Waals surface area contributed by atoms with Gasteiger partial charge in [-0.05, 0) is 51.7 Å². The first kappa shape index (κ1) is 20.6. The molecule has 2 nitrogen and oxygen atoms in total. The highest BCUT2D eigenvalue weighted by atomic mass is 32.2. The van der Waals surface area contributed by atoms with Crippen LogP contribution in [-0.2, 0) is 0 Å². The van der Waals surface area contributed by atoms with Crippen molar-refractivity contribution in [3.8, 4) is 6.07 Å². The normalized spacial score (nSPS) is 24.3. The lowest BCUT2D eigenvalue weighted by atomic mass is 10.1. The average Bonchev–Trinajstić information content (AvgIpc) is 2.97. The molecular weight excluding hydrogens is 312 g/mol. The molecular formula is C21H32N2S. The molecule has 1 aliphatic carbocycles. The van der Waals surface area contributed by atoms with E-state index in [-0.39, 0.29) is 10.7 Å². The van der Waals surface area contributed by atoms with Gasteiger partial charge in [0.15, 0.2) is 0 Å². The minimum atomic E-state index is -0.0881. The third-order valence-corrected chi connectivity index (χ3v) is 5.18. The molecule has 1 atom stereocenters. The molecule has 0 spiro atoms. The van der Waals surface area contributed by atoms with Gasteiger partial charge >= 0.3 is 0 Å². The van der Waals surface area contributed by atoms with Gasteiger partial charge in [0.05, 0.1) is 17.7 Å². The molecule has 1 saturated heterocycles. The third kappa shape index (κ3) is 5.05. The minimum absolute atomic E-state index is 0.0881. The number of thioether (sulfide) groups is 1. The standard InChI is InChI=1S/C19H26N2S.C2H6/c1-6-8-18-17(11-14(2)12-20)21(13-19(4,5)22-18)16-10-7-9-15(16)3;1-2/h8,10-11,14H,3,6-7,9,13H2,1-2,4-5H3;1-2H3/b17-11+,18-8+;. The lowest BCUT2D eigenvalue weighted by Crippen LogP contribution is -2.40. The maximum absolute atomic E-state index is 9.22. The van der Waals surface area contributed by atoms with Crippen molar-refractivity contribution >= 4 is 11.8 Å². The highest BCUT2D eigenvalue weighted by Gasteiger charge is 2.35. The summed E-state index contributed by atoms with van der Waals surface area (Å²) in [5.41, 5.74) is 3.66. The van der Waals surface area contributed by atoms with E-state index >= 15 is 0 Å². The summed E-state index contributed by atoms with van der Waals surface area (Å²) >= 11 is 1.92. The summed E-state index contributed by atoms with van der Waals surface area (Å²) in [5.74, 6) is -0.0881. The van der Waals surface area contributed by atoms with Gasteiger partial charge < -0.3 is 4.90 Å². The molecule has 3 heteroatoms. The van der Waals surface area contributed by atoms with Crippen LogP contribution in [-0.4, -0.2) is 16.2 Å². The Morgan fingerprint density at radius 1 is 1.46 bits per heavy atom. The number of rotatable bonds is 3. The Kier molecular flexibility index (Phi) is 7.90. The molecule has 0 amide bonds. The molecule has 132 valence electrons. The van der Waals surface area contributed by atoms with Gasteiger partial charge in [0.25, 0.3) is 0 Å². The topological polar surface area (TPSA) is 27.0 Å². The zero-order valence-corrected chi connectivity index (χ0v) is 17.0. The molecule has 0 N–H and O–H groups in total. The Bertz CT molecular complexity index is 587. The van der Waals surface area contributed by atoms with Crippen molar-refractivity contribution in [3.05, 3.63) is 46.7 Å². The Hall–Kier alpha value is -1.40. The SMILES string of the molecule is C=C1CCC=C1N1CC(C)(C)SC(=C/CC)/C1=C\C(C)C#N.CC. The fraction of sp³-hybridized carbons (Fsp3) is 0.571. The number of nitriles is 1. The maximum atomic E-state index is 9.22. The van der Waals surface area contributed by atoms with Crippen molar-refractivity contribution in [1.82, 2.24) is 4.90 Å². The molecule has 0 saturated carbocycles. The van der Waals surface area contributed by atoms with E-state index < -0.39 is 0 Å². The summed E-state index contributed by atoms with van der Waals surface area (Å²) in [5, 5.41) is 9.22. The molecule has 0 aromatic carbocycles. The molecule has 2 aliphatic rings. The van der Waals surface area contributed by atoms with Crippen LogP contribution in [0.4, 0.5) is 0 Å². The Labute approximate surface area is 153 Å². The molecule has 0 aromatic rings. The van der Waals surface area contributed by atoms with Crippen LogP contribution in [0.2, 0.25) is 0 Å². The van der Waals surface area contributed by atoms with Crippen molar-refractivity contribution < 1.29 is 0 Å².